The van der Waals surface area contributed by atoms with Gasteiger partial charge in [0.1, 0.15) is 5.75 Å². The van der Waals surface area contributed by atoms with Crippen LogP contribution in [0.1, 0.15) is 32.1 Å². The number of halogens is 3. The molecule has 0 saturated carbocycles. The SMILES string of the molecule is Cl.O=C(CCCOc1ccc(Cl)cc1Cl)N1CCC2CCC(C1)N2. The van der Waals surface area contributed by atoms with Gasteiger partial charge < -0.3 is 15.0 Å². The van der Waals surface area contributed by atoms with Gasteiger partial charge in [-0.25, -0.2) is 0 Å². The number of benzene rings is 1. The molecule has 2 aliphatic heterocycles. The fourth-order valence-electron chi connectivity index (χ4n) is 3.33. The maximum atomic E-state index is 12.3. The topological polar surface area (TPSA) is 41.6 Å². The van der Waals surface area contributed by atoms with Crippen LogP contribution in [0.25, 0.3) is 0 Å². The highest BCUT2D eigenvalue weighted by Crippen LogP contribution is 2.27. The number of nitrogens with one attached hydrogen (secondary N) is 1. The number of nitrogens with zero attached hydrogens (tertiary/aromatic N) is 1. The van der Waals surface area contributed by atoms with Crippen LogP contribution < -0.4 is 10.1 Å². The van der Waals surface area contributed by atoms with Gasteiger partial charge in [0.25, 0.3) is 0 Å². The molecule has 2 saturated heterocycles. The van der Waals surface area contributed by atoms with Crippen molar-refractivity contribution < 1.29 is 9.53 Å². The van der Waals surface area contributed by atoms with Crippen LogP contribution in [-0.4, -0.2) is 42.6 Å². The molecule has 2 bridgehead atoms. The molecular weight excluding hydrogens is 371 g/mol. The Kier molecular flexibility index (Phi) is 7.48. The molecule has 2 heterocycles. The number of ether oxygens (including phenoxy) is 1. The van der Waals surface area contributed by atoms with Gasteiger partial charge in [0.2, 0.25) is 5.91 Å². The van der Waals surface area contributed by atoms with Gasteiger partial charge >= 0.3 is 0 Å². The van der Waals surface area contributed by atoms with Crippen LogP contribution in [0.15, 0.2) is 18.2 Å². The summed E-state index contributed by atoms with van der Waals surface area (Å²) < 4.78 is 5.63. The minimum Gasteiger partial charge on any atom is -0.492 e. The summed E-state index contributed by atoms with van der Waals surface area (Å²) in [6.07, 6.45) is 4.71. The third kappa shape index (κ3) is 5.16. The summed E-state index contributed by atoms with van der Waals surface area (Å²) in [5.41, 5.74) is 0. The Morgan fingerprint density at radius 3 is 2.83 bits per heavy atom. The molecule has 1 N–H and O–H groups in total. The first kappa shape index (κ1) is 19.6. The Morgan fingerprint density at radius 1 is 1.25 bits per heavy atom. The number of carbonyl (C=O) groups excluding carboxylic acids is 1. The van der Waals surface area contributed by atoms with Gasteiger partial charge in [-0.1, -0.05) is 23.2 Å². The fourth-order valence-corrected chi connectivity index (χ4v) is 3.79. The lowest BCUT2D eigenvalue weighted by atomic mass is 10.1. The van der Waals surface area contributed by atoms with Gasteiger partial charge in [-0.05, 0) is 43.9 Å². The molecule has 2 fully saturated rings. The number of rotatable bonds is 5. The molecule has 1 amide bonds. The molecule has 2 unspecified atom stereocenters. The van der Waals surface area contributed by atoms with E-state index in [0.717, 1.165) is 19.5 Å². The van der Waals surface area contributed by atoms with E-state index in [1.54, 1.807) is 18.2 Å². The highest BCUT2D eigenvalue weighted by atomic mass is 35.5. The molecule has 1 aromatic rings. The van der Waals surface area contributed by atoms with Gasteiger partial charge in [0.05, 0.1) is 11.6 Å². The molecule has 3 rings (SSSR count). The number of hydrogen-bond acceptors (Lipinski definition) is 3. The second-order valence-corrected chi connectivity index (χ2v) is 7.14. The number of amides is 1. The highest BCUT2D eigenvalue weighted by molar-refractivity contribution is 6.35. The normalized spacial score (nSPS) is 22.7. The summed E-state index contributed by atoms with van der Waals surface area (Å²) in [6, 6.07) is 6.24. The summed E-state index contributed by atoms with van der Waals surface area (Å²) in [6.45, 7) is 2.20. The lowest BCUT2D eigenvalue weighted by molar-refractivity contribution is -0.131. The molecule has 24 heavy (non-hydrogen) atoms. The molecule has 2 aliphatic rings. The van der Waals surface area contributed by atoms with Crippen molar-refractivity contribution in [1.82, 2.24) is 10.2 Å². The standard InChI is InChI=1S/C17H22Cl2N2O2.ClH/c18-12-3-6-16(15(19)10-12)23-9-1-2-17(22)21-8-7-13-4-5-14(11-21)20-13;/h3,6,10,13-14,20H,1-2,4-5,7-9,11H2;1H. The number of likely N-dealkylation sites (tertiary alicyclic amines) is 1. The predicted molar refractivity (Wildman–Crippen MR) is 99.6 cm³/mol. The quantitative estimate of drug-likeness (QED) is 0.771. The number of carbonyl (C=O) groups is 1. The summed E-state index contributed by atoms with van der Waals surface area (Å²) in [5, 5.41) is 4.68. The van der Waals surface area contributed by atoms with Crippen molar-refractivity contribution in [2.75, 3.05) is 19.7 Å². The van der Waals surface area contributed by atoms with Gasteiger partial charge in [0, 0.05) is 36.6 Å². The molecule has 0 spiro atoms. The Bertz CT molecular complexity index is 571. The minimum absolute atomic E-state index is 0. The van der Waals surface area contributed by atoms with Crippen molar-refractivity contribution in [3.63, 3.8) is 0 Å². The van der Waals surface area contributed by atoms with Gasteiger partial charge in [-0.3, -0.25) is 4.79 Å². The van der Waals surface area contributed by atoms with Gasteiger partial charge in [-0.2, -0.15) is 0 Å². The highest BCUT2D eigenvalue weighted by Gasteiger charge is 2.30. The van der Waals surface area contributed by atoms with Crippen molar-refractivity contribution >= 4 is 41.5 Å². The zero-order valence-electron chi connectivity index (χ0n) is 13.5. The van der Waals surface area contributed by atoms with Crippen molar-refractivity contribution in [1.29, 1.82) is 0 Å². The van der Waals surface area contributed by atoms with Crippen molar-refractivity contribution in [3.05, 3.63) is 28.2 Å². The number of fused-ring (bicyclic) bond motifs is 2. The van der Waals surface area contributed by atoms with Crippen LogP contribution >= 0.6 is 35.6 Å². The molecule has 7 heteroatoms. The first-order chi connectivity index (χ1) is 11.1. The van der Waals surface area contributed by atoms with E-state index in [2.05, 4.69) is 5.32 Å². The first-order valence-corrected chi connectivity index (χ1v) is 8.99. The average Bonchev–Trinajstić information content (AvgIpc) is 2.84. The third-order valence-corrected chi connectivity index (χ3v) is 5.09. The smallest absolute Gasteiger partial charge is 0.222 e. The van der Waals surface area contributed by atoms with E-state index < -0.39 is 0 Å². The van der Waals surface area contributed by atoms with Crippen molar-refractivity contribution in [3.8, 4) is 5.75 Å². The fraction of sp³-hybridized carbons (Fsp3) is 0.588. The van der Waals surface area contributed by atoms with E-state index in [1.165, 1.54) is 12.8 Å². The Hall–Kier alpha value is -0.680. The molecule has 2 atom stereocenters. The van der Waals surface area contributed by atoms with E-state index in [9.17, 15) is 4.79 Å². The van der Waals surface area contributed by atoms with E-state index in [-0.39, 0.29) is 18.3 Å². The molecule has 1 aromatic carbocycles. The first-order valence-electron chi connectivity index (χ1n) is 8.23. The lowest BCUT2D eigenvalue weighted by Crippen LogP contribution is -2.39. The minimum atomic E-state index is 0. The summed E-state index contributed by atoms with van der Waals surface area (Å²) in [4.78, 5) is 14.4. The van der Waals surface area contributed by atoms with Crippen LogP contribution in [0, 0.1) is 0 Å². The van der Waals surface area contributed by atoms with Crippen LogP contribution in [0.3, 0.4) is 0 Å². The zero-order valence-corrected chi connectivity index (χ0v) is 15.8. The Labute approximate surface area is 159 Å². The van der Waals surface area contributed by atoms with Crippen LogP contribution in [0.2, 0.25) is 10.0 Å². The second-order valence-electron chi connectivity index (χ2n) is 6.29. The van der Waals surface area contributed by atoms with Gasteiger partial charge in [-0.15, -0.1) is 12.4 Å². The maximum Gasteiger partial charge on any atom is 0.222 e. The lowest BCUT2D eigenvalue weighted by Gasteiger charge is -2.24. The van der Waals surface area contributed by atoms with Crippen molar-refractivity contribution in [2.24, 2.45) is 0 Å². The monoisotopic (exact) mass is 392 g/mol. The van der Waals surface area contributed by atoms with E-state index in [0.29, 0.717) is 47.3 Å². The van der Waals surface area contributed by atoms with E-state index >= 15 is 0 Å². The molecule has 0 aromatic heterocycles. The Morgan fingerprint density at radius 2 is 2.04 bits per heavy atom. The van der Waals surface area contributed by atoms with Crippen LogP contribution in [-0.2, 0) is 4.79 Å². The zero-order chi connectivity index (χ0) is 16.2. The third-order valence-electron chi connectivity index (χ3n) is 4.56. The van der Waals surface area contributed by atoms with E-state index in [4.69, 9.17) is 27.9 Å². The van der Waals surface area contributed by atoms with Crippen LogP contribution in [0.5, 0.6) is 5.75 Å². The molecule has 0 radical (unpaired) electrons. The molecule has 134 valence electrons. The number of hydrogen-bond donors (Lipinski definition) is 1. The Balaban J connectivity index is 0.00000208. The average molecular weight is 394 g/mol. The molecule has 0 aliphatic carbocycles. The maximum absolute atomic E-state index is 12.3. The van der Waals surface area contributed by atoms with Crippen molar-refractivity contribution in [2.45, 2.75) is 44.2 Å². The summed E-state index contributed by atoms with van der Waals surface area (Å²) >= 11 is 11.9. The summed E-state index contributed by atoms with van der Waals surface area (Å²) in [7, 11) is 0. The van der Waals surface area contributed by atoms with E-state index in [1.807, 2.05) is 4.90 Å². The largest absolute Gasteiger partial charge is 0.492 e. The summed E-state index contributed by atoms with van der Waals surface area (Å²) in [5.74, 6) is 0.838. The van der Waals surface area contributed by atoms with Gasteiger partial charge in [0.15, 0.2) is 0 Å². The second kappa shape index (κ2) is 9.14. The van der Waals surface area contributed by atoms with Crippen LogP contribution in [0.4, 0.5) is 0 Å². The predicted octanol–water partition coefficient (Wildman–Crippen LogP) is 3.93. The molecular formula is C17H23Cl3N2O2. The molecule has 4 nitrogen and oxygen atoms in total.